The van der Waals surface area contributed by atoms with Crippen LogP contribution in [-0.4, -0.2) is 11.0 Å². The molecule has 0 saturated heterocycles. The normalized spacial score (nSPS) is 10.1. The number of urea groups is 1. The minimum atomic E-state index is -0.323. The summed E-state index contributed by atoms with van der Waals surface area (Å²) < 4.78 is 5.81. The molecule has 0 radical (unpaired) electrons. The standard InChI is InChI=1S/C23H19N3O2.ClH/c27-23(26-22-13-14-24-21-12-5-4-11-20(21)22)25-18-9-6-10-19(15-18)28-16-17-7-2-1-3-8-17;/h1-15H,16H2,(H2,24,25,26,27);1H. The van der Waals surface area contributed by atoms with E-state index in [1.807, 2.05) is 72.8 Å². The number of nitrogens with one attached hydrogen (secondary N) is 2. The Labute approximate surface area is 175 Å². The summed E-state index contributed by atoms with van der Waals surface area (Å²) in [5.41, 5.74) is 3.28. The van der Waals surface area contributed by atoms with Crippen molar-refractivity contribution in [1.29, 1.82) is 0 Å². The molecule has 1 heterocycles. The lowest BCUT2D eigenvalue weighted by Gasteiger charge is -2.11. The molecule has 0 atom stereocenters. The van der Waals surface area contributed by atoms with Gasteiger partial charge in [-0.25, -0.2) is 4.79 Å². The predicted octanol–water partition coefficient (Wildman–Crippen LogP) is 5.88. The van der Waals surface area contributed by atoms with Crippen molar-refractivity contribution in [2.75, 3.05) is 10.6 Å². The van der Waals surface area contributed by atoms with E-state index in [4.69, 9.17) is 4.74 Å². The minimum absolute atomic E-state index is 0. The molecule has 0 aliphatic carbocycles. The summed E-state index contributed by atoms with van der Waals surface area (Å²) in [4.78, 5) is 16.7. The number of carbonyl (C=O) groups is 1. The van der Waals surface area contributed by atoms with Crippen molar-refractivity contribution in [3.63, 3.8) is 0 Å². The van der Waals surface area contributed by atoms with Gasteiger partial charge in [0.2, 0.25) is 0 Å². The number of ether oxygens (including phenoxy) is 1. The highest BCUT2D eigenvalue weighted by Gasteiger charge is 2.07. The second kappa shape index (κ2) is 9.57. The largest absolute Gasteiger partial charge is 0.489 e. The smallest absolute Gasteiger partial charge is 0.323 e. The number of fused-ring (bicyclic) bond motifs is 1. The van der Waals surface area contributed by atoms with E-state index in [0.717, 1.165) is 16.5 Å². The van der Waals surface area contributed by atoms with Crippen LogP contribution in [0.5, 0.6) is 5.75 Å². The van der Waals surface area contributed by atoms with Gasteiger partial charge in [0.05, 0.1) is 11.2 Å². The number of pyridine rings is 1. The molecule has 3 aromatic carbocycles. The van der Waals surface area contributed by atoms with Crippen molar-refractivity contribution in [3.8, 4) is 5.75 Å². The van der Waals surface area contributed by atoms with Crippen molar-refractivity contribution in [3.05, 3.63) is 96.7 Å². The molecule has 0 fully saturated rings. The second-order valence-corrected chi connectivity index (χ2v) is 6.26. The van der Waals surface area contributed by atoms with Crippen LogP contribution in [-0.2, 0) is 6.61 Å². The van der Waals surface area contributed by atoms with Crippen LogP contribution in [0.15, 0.2) is 91.1 Å². The summed E-state index contributed by atoms with van der Waals surface area (Å²) in [6.07, 6.45) is 1.68. The molecular formula is C23H20ClN3O2. The number of hydrogen-bond acceptors (Lipinski definition) is 3. The monoisotopic (exact) mass is 405 g/mol. The van der Waals surface area contributed by atoms with Gasteiger partial charge < -0.3 is 15.4 Å². The first kappa shape index (κ1) is 20.2. The summed E-state index contributed by atoms with van der Waals surface area (Å²) in [7, 11) is 0. The number of hydrogen-bond donors (Lipinski definition) is 2. The van der Waals surface area contributed by atoms with Gasteiger partial charge in [0.1, 0.15) is 12.4 Å². The number of anilines is 2. The number of amides is 2. The number of rotatable bonds is 5. The Morgan fingerprint density at radius 3 is 2.52 bits per heavy atom. The zero-order valence-electron chi connectivity index (χ0n) is 15.5. The van der Waals surface area contributed by atoms with E-state index in [2.05, 4.69) is 15.6 Å². The zero-order chi connectivity index (χ0) is 19.2. The first-order valence-electron chi connectivity index (χ1n) is 8.96. The lowest BCUT2D eigenvalue weighted by atomic mass is 10.2. The highest BCUT2D eigenvalue weighted by Crippen LogP contribution is 2.22. The van der Waals surface area contributed by atoms with Gasteiger partial charge in [0.15, 0.2) is 0 Å². The Balaban J connectivity index is 0.00000240. The molecule has 0 spiro atoms. The van der Waals surface area contributed by atoms with E-state index in [1.165, 1.54) is 0 Å². The maximum Gasteiger partial charge on any atom is 0.323 e. The van der Waals surface area contributed by atoms with Crippen LogP contribution in [0.2, 0.25) is 0 Å². The van der Waals surface area contributed by atoms with Crippen LogP contribution in [0.25, 0.3) is 10.9 Å². The summed E-state index contributed by atoms with van der Waals surface area (Å²) in [5, 5.41) is 6.61. The highest BCUT2D eigenvalue weighted by molar-refractivity contribution is 6.05. The molecule has 0 bridgehead atoms. The van der Waals surface area contributed by atoms with E-state index in [-0.39, 0.29) is 18.4 Å². The topological polar surface area (TPSA) is 63.2 Å². The molecule has 29 heavy (non-hydrogen) atoms. The first-order chi connectivity index (χ1) is 13.8. The summed E-state index contributed by atoms with van der Waals surface area (Å²) in [6, 6.07) is 26.4. The summed E-state index contributed by atoms with van der Waals surface area (Å²) >= 11 is 0. The molecule has 2 N–H and O–H groups in total. The van der Waals surface area contributed by atoms with E-state index in [0.29, 0.717) is 23.7 Å². The molecule has 4 rings (SSSR count). The van der Waals surface area contributed by atoms with Crippen LogP contribution >= 0.6 is 12.4 Å². The minimum Gasteiger partial charge on any atom is -0.489 e. The van der Waals surface area contributed by atoms with E-state index in [1.54, 1.807) is 18.3 Å². The molecule has 0 aliphatic rings. The van der Waals surface area contributed by atoms with E-state index >= 15 is 0 Å². The number of halogens is 1. The van der Waals surface area contributed by atoms with Gasteiger partial charge in [-0.05, 0) is 29.8 Å². The van der Waals surface area contributed by atoms with Crippen molar-refractivity contribution in [1.82, 2.24) is 4.98 Å². The van der Waals surface area contributed by atoms with Gasteiger partial charge in [0, 0.05) is 23.3 Å². The van der Waals surface area contributed by atoms with Crippen molar-refractivity contribution >= 4 is 40.7 Å². The van der Waals surface area contributed by atoms with Crippen LogP contribution in [0.1, 0.15) is 5.56 Å². The zero-order valence-corrected chi connectivity index (χ0v) is 16.4. The molecule has 2 amide bonds. The molecule has 6 heteroatoms. The van der Waals surface area contributed by atoms with Gasteiger partial charge in [-0.1, -0.05) is 54.6 Å². The molecule has 5 nitrogen and oxygen atoms in total. The number of nitrogens with zero attached hydrogens (tertiary/aromatic N) is 1. The number of carbonyl (C=O) groups excluding carboxylic acids is 1. The van der Waals surface area contributed by atoms with Gasteiger partial charge >= 0.3 is 6.03 Å². The lowest BCUT2D eigenvalue weighted by Crippen LogP contribution is -2.19. The maximum atomic E-state index is 12.4. The fraction of sp³-hybridized carbons (Fsp3) is 0.0435. The summed E-state index contributed by atoms with van der Waals surface area (Å²) in [5.74, 6) is 0.691. The Bertz CT molecular complexity index is 1100. The lowest BCUT2D eigenvalue weighted by molar-refractivity contribution is 0.262. The van der Waals surface area contributed by atoms with Crippen LogP contribution in [0, 0.1) is 0 Å². The predicted molar refractivity (Wildman–Crippen MR) is 119 cm³/mol. The maximum absolute atomic E-state index is 12.4. The Kier molecular flexibility index (Phi) is 6.66. The highest BCUT2D eigenvalue weighted by atomic mass is 35.5. The van der Waals surface area contributed by atoms with Crippen molar-refractivity contribution in [2.24, 2.45) is 0 Å². The van der Waals surface area contributed by atoms with E-state index < -0.39 is 0 Å². The van der Waals surface area contributed by atoms with Crippen molar-refractivity contribution < 1.29 is 9.53 Å². The third-order valence-corrected chi connectivity index (χ3v) is 4.24. The number of aromatic nitrogens is 1. The third kappa shape index (κ3) is 5.24. The average molecular weight is 406 g/mol. The third-order valence-electron chi connectivity index (χ3n) is 4.24. The average Bonchev–Trinajstić information content (AvgIpc) is 2.73. The molecular weight excluding hydrogens is 386 g/mol. The fourth-order valence-corrected chi connectivity index (χ4v) is 2.89. The van der Waals surface area contributed by atoms with Gasteiger partial charge in [-0.2, -0.15) is 0 Å². The SMILES string of the molecule is Cl.O=C(Nc1cccc(OCc2ccccc2)c1)Nc1ccnc2ccccc12. The second-order valence-electron chi connectivity index (χ2n) is 6.26. The summed E-state index contributed by atoms with van der Waals surface area (Å²) in [6.45, 7) is 0.472. The van der Waals surface area contributed by atoms with Crippen molar-refractivity contribution in [2.45, 2.75) is 6.61 Å². The van der Waals surface area contributed by atoms with Crippen LogP contribution in [0.4, 0.5) is 16.2 Å². The van der Waals surface area contributed by atoms with Gasteiger partial charge in [-0.3, -0.25) is 4.98 Å². The van der Waals surface area contributed by atoms with Crippen LogP contribution < -0.4 is 15.4 Å². The molecule has 1 aromatic heterocycles. The Morgan fingerprint density at radius 1 is 0.862 bits per heavy atom. The molecule has 146 valence electrons. The molecule has 4 aromatic rings. The molecule has 0 saturated carbocycles. The molecule has 0 aliphatic heterocycles. The fourth-order valence-electron chi connectivity index (χ4n) is 2.89. The Morgan fingerprint density at radius 2 is 1.66 bits per heavy atom. The van der Waals surface area contributed by atoms with Gasteiger partial charge in [-0.15, -0.1) is 12.4 Å². The van der Waals surface area contributed by atoms with Crippen LogP contribution in [0.3, 0.4) is 0 Å². The molecule has 0 unspecified atom stereocenters. The first-order valence-corrected chi connectivity index (χ1v) is 8.96. The number of benzene rings is 3. The number of para-hydroxylation sites is 1. The van der Waals surface area contributed by atoms with Gasteiger partial charge in [0.25, 0.3) is 0 Å². The Hall–Kier alpha value is -3.57. The van der Waals surface area contributed by atoms with E-state index in [9.17, 15) is 4.79 Å². The quantitative estimate of drug-likeness (QED) is 0.435.